The molecule has 2 rings (SSSR count). The van der Waals surface area contributed by atoms with Crippen molar-refractivity contribution >= 4 is 0 Å². The smallest absolute Gasteiger partial charge is 0.0745 e. The molecule has 70 valence electrons. The summed E-state index contributed by atoms with van der Waals surface area (Å²) < 4.78 is 5.73. The van der Waals surface area contributed by atoms with E-state index in [-0.39, 0.29) is 0 Å². The summed E-state index contributed by atoms with van der Waals surface area (Å²) in [5, 5.41) is 0. The van der Waals surface area contributed by atoms with E-state index in [2.05, 4.69) is 25.7 Å². The zero-order chi connectivity index (χ0) is 8.72. The summed E-state index contributed by atoms with van der Waals surface area (Å²) in [4.78, 5) is 2.53. The van der Waals surface area contributed by atoms with Crippen LogP contribution in [0, 0.1) is 11.8 Å². The second kappa shape index (κ2) is 3.00. The van der Waals surface area contributed by atoms with Gasteiger partial charge in [-0.05, 0) is 19.8 Å². The lowest BCUT2D eigenvalue weighted by Gasteiger charge is -2.21. The number of hydrogen-bond acceptors (Lipinski definition) is 2. The third-order valence-corrected chi connectivity index (χ3v) is 3.37. The number of fused-ring (bicyclic) bond motifs is 1. The zero-order valence-electron chi connectivity index (χ0n) is 8.29. The minimum absolute atomic E-state index is 0.544. The molecular formula is C10H19NO. The molecule has 12 heavy (non-hydrogen) atoms. The second-order valence-electron chi connectivity index (χ2n) is 4.56. The Morgan fingerprint density at radius 2 is 2.08 bits per heavy atom. The van der Waals surface area contributed by atoms with Gasteiger partial charge in [-0.15, -0.1) is 0 Å². The lowest BCUT2D eigenvalue weighted by Crippen LogP contribution is -2.30. The molecule has 2 heterocycles. The third kappa shape index (κ3) is 1.27. The number of ether oxygens (including phenoxy) is 1. The molecule has 2 nitrogen and oxygen atoms in total. The van der Waals surface area contributed by atoms with Gasteiger partial charge in [0.15, 0.2) is 0 Å². The van der Waals surface area contributed by atoms with Crippen molar-refractivity contribution in [3.05, 3.63) is 0 Å². The van der Waals surface area contributed by atoms with E-state index >= 15 is 0 Å². The molecule has 0 bridgehead atoms. The van der Waals surface area contributed by atoms with Crippen LogP contribution in [0.2, 0.25) is 0 Å². The van der Waals surface area contributed by atoms with Crippen LogP contribution in [0.5, 0.6) is 0 Å². The molecule has 0 N–H and O–H groups in total. The van der Waals surface area contributed by atoms with Gasteiger partial charge in [-0.2, -0.15) is 0 Å². The molecule has 0 aromatic heterocycles. The van der Waals surface area contributed by atoms with Crippen molar-refractivity contribution in [2.75, 3.05) is 19.7 Å². The van der Waals surface area contributed by atoms with Crippen molar-refractivity contribution in [1.82, 2.24) is 4.90 Å². The average molecular weight is 169 g/mol. The summed E-state index contributed by atoms with van der Waals surface area (Å²) in [6.07, 6.45) is 0.544. The molecule has 2 aliphatic heterocycles. The number of likely N-dealkylation sites (tertiary alicyclic amines) is 1. The maximum atomic E-state index is 5.73. The van der Waals surface area contributed by atoms with Gasteiger partial charge in [0, 0.05) is 31.7 Å². The van der Waals surface area contributed by atoms with Gasteiger partial charge in [0.2, 0.25) is 0 Å². The summed E-state index contributed by atoms with van der Waals surface area (Å²) in [6.45, 7) is 10.3. The van der Waals surface area contributed by atoms with E-state index in [0.717, 1.165) is 25.0 Å². The van der Waals surface area contributed by atoms with Crippen LogP contribution >= 0.6 is 0 Å². The molecule has 0 aliphatic carbocycles. The van der Waals surface area contributed by atoms with Crippen molar-refractivity contribution in [3.63, 3.8) is 0 Å². The number of nitrogens with zero attached hydrogens (tertiary/aromatic N) is 1. The lowest BCUT2D eigenvalue weighted by molar-refractivity contribution is 0.0909. The molecule has 2 aliphatic rings. The highest BCUT2D eigenvalue weighted by Crippen LogP contribution is 2.33. The summed E-state index contributed by atoms with van der Waals surface area (Å²) in [5.74, 6) is 1.59. The molecule has 3 atom stereocenters. The van der Waals surface area contributed by atoms with Crippen molar-refractivity contribution in [1.29, 1.82) is 0 Å². The Hall–Kier alpha value is -0.0800. The fraction of sp³-hybridized carbons (Fsp3) is 1.00. The molecule has 2 saturated heterocycles. The first kappa shape index (κ1) is 8.52. The first-order valence-electron chi connectivity index (χ1n) is 5.04. The normalized spacial score (nSPS) is 42.5. The van der Waals surface area contributed by atoms with Gasteiger partial charge < -0.3 is 4.74 Å². The molecule has 0 aromatic carbocycles. The Kier molecular flexibility index (Phi) is 2.13. The van der Waals surface area contributed by atoms with E-state index in [4.69, 9.17) is 4.74 Å². The molecule has 0 unspecified atom stereocenters. The highest BCUT2D eigenvalue weighted by molar-refractivity contribution is 4.92. The average Bonchev–Trinajstić information content (AvgIpc) is 2.53. The highest BCUT2D eigenvalue weighted by atomic mass is 16.5. The predicted molar refractivity (Wildman–Crippen MR) is 49.1 cm³/mol. The molecule has 0 spiro atoms. The van der Waals surface area contributed by atoms with Crippen LogP contribution in [0.4, 0.5) is 0 Å². The highest BCUT2D eigenvalue weighted by Gasteiger charge is 2.42. The monoisotopic (exact) mass is 169 g/mol. The molecule has 0 radical (unpaired) electrons. The van der Waals surface area contributed by atoms with Crippen molar-refractivity contribution in [3.8, 4) is 0 Å². The lowest BCUT2D eigenvalue weighted by atomic mass is 9.95. The van der Waals surface area contributed by atoms with Crippen LogP contribution in [0.25, 0.3) is 0 Å². The van der Waals surface area contributed by atoms with Gasteiger partial charge in [0.25, 0.3) is 0 Å². The van der Waals surface area contributed by atoms with E-state index in [0.29, 0.717) is 12.1 Å². The van der Waals surface area contributed by atoms with E-state index in [1.54, 1.807) is 0 Å². The molecule has 0 amide bonds. The van der Waals surface area contributed by atoms with Crippen molar-refractivity contribution in [2.45, 2.75) is 32.9 Å². The first-order valence-corrected chi connectivity index (χ1v) is 5.04. The van der Waals surface area contributed by atoms with E-state index in [1.807, 2.05) is 0 Å². The quantitative estimate of drug-likeness (QED) is 0.587. The molecule has 0 aromatic rings. The van der Waals surface area contributed by atoms with Gasteiger partial charge in [-0.3, -0.25) is 4.90 Å². The number of hydrogen-bond donors (Lipinski definition) is 0. The van der Waals surface area contributed by atoms with Crippen LogP contribution in [-0.2, 0) is 4.74 Å². The Balaban J connectivity index is 1.98. The fourth-order valence-corrected chi connectivity index (χ4v) is 2.37. The van der Waals surface area contributed by atoms with Crippen LogP contribution in [0.3, 0.4) is 0 Å². The largest absolute Gasteiger partial charge is 0.376 e. The molecule has 0 saturated carbocycles. The van der Waals surface area contributed by atoms with E-state index < -0.39 is 0 Å². The maximum Gasteiger partial charge on any atom is 0.0745 e. The zero-order valence-corrected chi connectivity index (χ0v) is 8.29. The van der Waals surface area contributed by atoms with Crippen molar-refractivity contribution < 1.29 is 4.74 Å². The van der Waals surface area contributed by atoms with E-state index in [9.17, 15) is 0 Å². The Morgan fingerprint density at radius 3 is 2.67 bits per heavy atom. The molecule has 2 fully saturated rings. The number of rotatable bonds is 1. The van der Waals surface area contributed by atoms with Crippen LogP contribution in [-0.4, -0.2) is 36.7 Å². The van der Waals surface area contributed by atoms with E-state index in [1.165, 1.54) is 6.54 Å². The SMILES string of the molecule is CC(C)N1C[C@@H]2[C@H](C)CO[C@@H]2C1. The topological polar surface area (TPSA) is 12.5 Å². The van der Waals surface area contributed by atoms with Crippen LogP contribution in [0.15, 0.2) is 0 Å². The van der Waals surface area contributed by atoms with Crippen LogP contribution < -0.4 is 0 Å². The summed E-state index contributed by atoms with van der Waals surface area (Å²) in [7, 11) is 0. The van der Waals surface area contributed by atoms with Gasteiger partial charge in [-0.1, -0.05) is 6.92 Å². The predicted octanol–water partition coefficient (Wildman–Crippen LogP) is 1.36. The standard InChI is InChI=1S/C10H19NO/c1-7(2)11-4-9-8(3)6-12-10(9)5-11/h7-10H,4-6H2,1-3H3/t8-,9-,10-/m1/s1. The van der Waals surface area contributed by atoms with Crippen molar-refractivity contribution in [2.24, 2.45) is 11.8 Å². The Labute approximate surface area is 74.9 Å². The summed E-state index contributed by atoms with van der Waals surface area (Å²) >= 11 is 0. The summed E-state index contributed by atoms with van der Waals surface area (Å²) in [5.41, 5.74) is 0. The van der Waals surface area contributed by atoms with Gasteiger partial charge in [-0.25, -0.2) is 0 Å². The Morgan fingerprint density at radius 1 is 1.33 bits per heavy atom. The third-order valence-electron chi connectivity index (χ3n) is 3.37. The fourth-order valence-electron chi connectivity index (χ4n) is 2.37. The van der Waals surface area contributed by atoms with Gasteiger partial charge >= 0.3 is 0 Å². The van der Waals surface area contributed by atoms with Gasteiger partial charge in [0.1, 0.15) is 0 Å². The molecular weight excluding hydrogens is 150 g/mol. The molecule has 2 heteroatoms. The van der Waals surface area contributed by atoms with Crippen LogP contribution in [0.1, 0.15) is 20.8 Å². The second-order valence-corrected chi connectivity index (χ2v) is 4.56. The summed E-state index contributed by atoms with van der Waals surface area (Å²) in [6, 6.07) is 0.686. The minimum Gasteiger partial charge on any atom is -0.376 e. The maximum absolute atomic E-state index is 5.73. The first-order chi connectivity index (χ1) is 5.68. The Bertz CT molecular complexity index is 169. The minimum atomic E-state index is 0.544. The van der Waals surface area contributed by atoms with Gasteiger partial charge in [0.05, 0.1) is 6.10 Å².